The van der Waals surface area contributed by atoms with Crippen LogP contribution in [0.4, 0.5) is 0 Å². The van der Waals surface area contributed by atoms with Crippen LogP contribution in [0.5, 0.6) is 0 Å². The lowest BCUT2D eigenvalue weighted by Crippen LogP contribution is -2.41. The number of aryl methyl sites for hydroxylation is 2. The molecule has 2 rings (SSSR count). The third-order valence-corrected chi connectivity index (χ3v) is 3.22. The Morgan fingerprint density at radius 2 is 1.50 bits per heavy atom. The topological polar surface area (TPSA) is 35.2 Å². The van der Waals surface area contributed by atoms with Crippen LogP contribution in [0.2, 0.25) is 0 Å². The monoisotopic (exact) mass is 249 g/mol. The highest BCUT2D eigenvalue weighted by Crippen LogP contribution is 2.21. The van der Waals surface area contributed by atoms with Gasteiger partial charge in [-0.3, -0.25) is 0 Å². The molecule has 18 heavy (non-hydrogen) atoms. The molecule has 0 radical (unpaired) electrons. The number of nitrogens with two attached hydrogens (primary N) is 1. The van der Waals surface area contributed by atoms with Crippen LogP contribution in [0.1, 0.15) is 45.2 Å². The largest absolute Gasteiger partial charge is 0.379 e. The van der Waals surface area contributed by atoms with E-state index in [0.717, 1.165) is 6.42 Å². The minimum absolute atomic E-state index is 0.0990. The van der Waals surface area contributed by atoms with Gasteiger partial charge in [-0.1, -0.05) is 24.3 Å². The molecule has 0 saturated heterocycles. The van der Waals surface area contributed by atoms with Crippen molar-refractivity contribution in [3.05, 3.63) is 35.4 Å². The molecule has 1 aromatic carbocycles. The number of rotatable bonds is 3. The molecule has 0 spiro atoms. The first-order valence-corrected chi connectivity index (χ1v) is 6.64. The Balaban J connectivity index is 0.000000182. The maximum Gasteiger partial charge on any atom is 0.0640 e. The zero-order chi connectivity index (χ0) is 13.8. The van der Waals surface area contributed by atoms with Gasteiger partial charge in [0, 0.05) is 12.6 Å². The number of benzene rings is 1. The smallest absolute Gasteiger partial charge is 0.0640 e. The second-order valence-electron chi connectivity index (χ2n) is 6.40. The van der Waals surface area contributed by atoms with Crippen molar-refractivity contribution in [1.29, 1.82) is 0 Å². The van der Waals surface area contributed by atoms with Crippen molar-refractivity contribution in [3.8, 4) is 0 Å². The van der Waals surface area contributed by atoms with Gasteiger partial charge in [-0.05, 0) is 58.1 Å². The van der Waals surface area contributed by atoms with Crippen molar-refractivity contribution < 1.29 is 4.74 Å². The molecule has 0 saturated carbocycles. The molecule has 1 aliphatic carbocycles. The first kappa shape index (κ1) is 15.2. The fraction of sp³-hybridized carbons (Fsp3) is 0.625. The average Bonchev–Trinajstić information content (AvgIpc) is 2.18. The second-order valence-corrected chi connectivity index (χ2v) is 6.40. The molecule has 0 aliphatic heterocycles. The average molecular weight is 249 g/mol. The first-order chi connectivity index (χ1) is 8.23. The van der Waals surface area contributed by atoms with Crippen LogP contribution in [0.25, 0.3) is 0 Å². The standard InChI is InChI=1S/C8H19NO.C8H8/c1-7(2,9)6-8(3,4)10-5;1-2-4-8-6-5-7(8)3-1/h6,9H2,1-5H3;1-4H,5-6H2. The lowest BCUT2D eigenvalue weighted by molar-refractivity contribution is 0.00147. The van der Waals surface area contributed by atoms with Gasteiger partial charge < -0.3 is 10.5 Å². The van der Waals surface area contributed by atoms with Gasteiger partial charge in [0.05, 0.1) is 5.60 Å². The Morgan fingerprint density at radius 3 is 1.67 bits per heavy atom. The molecule has 0 bridgehead atoms. The van der Waals surface area contributed by atoms with Gasteiger partial charge in [0.1, 0.15) is 0 Å². The fourth-order valence-corrected chi connectivity index (χ4v) is 2.31. The Hall–Kier alpha value is -0.860. The zero-order valence-corrected chi connectivity index (χ0v) is 12.4. The van der Waals surface area contributed by atoms with Crippen LogP contribution in [-0.2, 0) is 17.6 Å². The highest BCUT2D eigenvalue weighted by atomic mass is 16.5. The number of hydrogen-bond acceptors (Lipinski definition) is 2. The van der Waals surface area contributed by atoms with Gasteiger partial charge >= 0.3 is 0 Å². The molecule has 1 aromatic rings. The van der Waals surface area contributed by atoms with E-state index in [1.807, 2.05) is 27.7 Å². The number of fused-ring (bicyclic) bond motifs is 1. The summed E-state index contributed by atoms with van der Waals surface area (Å²) >= 11 is 0. The number of hydrogen-bond donors (Lipinski definition) is 1. The van der Waals surface area contributed by atoms with Crippen molar-refractivity contribution in [2.75, 3.05) is 7.11 Å². The molecule has 0 unspecified atom stereocenters. The summed E-state index contributed by atoms with van der Waals surface area (Å²) in [5.41, 5.74) is 8.68. The van der Waals surface area contributed by atoms with E-state index in [4.69, 9.17) is 10.5 Å². The molecular formula is C16H27NO. The summed E-state index contributed by atoms with van der Waals surface area (Å²) in [6, 6.07) is 8.63. The SMILES string of the molecule is COC(C)(C)CC(C)(C)N.c1ccc2c(c1)CC2. The summed E-state index contributed by atoms with van der Waals surface area (Å²) < 4.78 is 5.23. The van der Waals surface area contributed by atoms with Gasteiger partial charge in [-0.25, -0.2) is 0 Å². The molecular weight excluding hydrogens is 222 g/mol. The molecule has 0 heterocycles. The summed E-state index contributed by atoms with van der Waals surface area (Å²) in [5, 5.41) is 0. The lowest BCUT2D eigenvalue weighted by atomic mass is 9.89. The van der Waals surface area contributed by atoms with Gasteiger partial charge in [-0.2, -0.15) is 0 Å². The summed E-state index contributed by atoms with van der Waals surface area (Å²) in [7, 11) is 1.71. The molecule has 1 aliphatic rings. The molecule has 102 valence electrons. The van der Waals surface area contributed by atoms with Crippen molar-refractivity contribution in [1.82, 2.24) is 0 Å². The van der Waals surface area contributed by atoms with E-state index >= 15 is 0 Å². The predicted molar refractivity (Wildman–Crippen MR) is 77.8 cm³/mol. The van der Waals surface area contributed by atoms with Crippen molar-refractivity contribution in [2.24, 2.45) is 5.73 Å². The fourth-order valence-electron chi connectivity index (χ4n) is 2.31. The van der Waals surface area contributed by atoms with Gasteiger partial charge in [-0.15, -0.1) is 0 Å². The van der Waals surface area contributed by atoms with Gasteiger partial charge in [0.25, 0.3) is 0 Å². The third-order valence-electron chi connectivity index (χ3n) is 3.22. The van der Waals surface area contributed by atoms with E-state index in [1.54, 1.807) is 18.2 Å². The second kappa shape index (κ2) is 5.85. The molecule has 2 nitrogen and oxygen atoms in total. The minimum atomic E-state index is -0.139. The maximum atomic E-state index is 5.82. The Labute approximate surface area is 112 Å². The maximum absolute atomic E-state index is 5.82. The van der Waals surface area contributed by atoms with Gasteiger partial charge in [0.15, 0.2) is 0 Å². The Morgan fingerprint density at radius 1 is 1.06 bits per heavy atom. The highest BCUT2D eigenvalue weighted by molar-refractivity contribution is 5.34. The lowest BCUT2D eigenvalue weighted by Gasteiger charge is -2.30. The Kier molecular flexibility index (Phi) is 4.94. The summed E-state index contributed by atoms with van der Waals surface area (Å²) in [5.74, 6) is 0. The van der Waals surface area contributed by atoms with Crippen LogP contribution in [-0.4, -0.2) is 18.2 Å². The van der Waals surface area contributed by atoms with Crippen molar-refractivity contribution >= 4 is 0 Å². The number of methoxy groups -OCH3 is 1. The van der Waals surface area contributed by atoms with E-state index in [0.29, 0.717) is 0 Å². The quantitative estimate of drug-likeness (QED) is 0.892. The van der Waals surface area contributed by atoms with E-state index in [-0.39, 0.29) is 11.1 Å². The Bertz CT molecular complexity index is 354. The minimum Gasteiger partial charge on any atom is -0.379 e. The molecule has 0 amide bonds. The van der Waals surface area contributed by atoms with E-state index < -0.39 is 0 Å². The van der Waals surface area contributed by atoms with Crippen molar-refractivity contribution in [3.63, 3.8) is 0 Å². The molecule has 0 atom stereocenters. The summed E-state index contributed by atoms with van der Waals surface area (Å²) in [4.78, 5) is 0. The van der Waals surface area contributed by atoms with Crippen molar-refractivity contribution in [2.45, 2.75) is 58.1 Å². The highest BCUT2D eigenvalue weighted by Gasteiger charge is 2.24. The van der Waals surface area contributed by atoms with Crippen LogP contribution < -0.4 is 5.73 Å². The predicted octanol–water partition coefficient (Wildman–Crippen LogP) is 3.32. The van der Waals surface area contributed by atoms with E-state index in [9.17, 15) is 0 Å². The molecule has 0 fully saturated rings. The zero-order valence-electron chi connectivity index (χ0n) is 12.4. The van der Waals surface area contributed by atoms with Crippen LogP contribution in [0.3, 0.4) is 0 Å². The third kappa shape index (κ3) is 5.19. The van der Waals surface area contributed by atoms with Gasteiger partial charge in [0.2, 0.25) is 0 Å². The van der Waals surface area contributed by atoms with Crippen LogP contribution >= 0.6 is 0 Å². The molecule has 2 N–H and O–H groups in total. The first-order valence-electron chi connectivity index (χ1n) is 6.64. The summed E-state index contributed by atoms with van der Waals surface area (Å²) in [6.07, 6.45) is 3.48. The van der Waals surface area contributed by atoms with E-state index in [2.05, 4.69) is 24.3 Å². The van der Waals surface area contributed by atoms with Crippen LogP contribution in [0.15, 0.2) is 24.3 Å². The van der Waals surface area contributed by atoms with Crippen LogP contribution in [0, 0.1) is 0 Å². The number of ether oxygens (including phenoxy) is 1. The van der Waals surface area contributed by atoms with E-state index in [1.165, 1.54) is 12.8 Å². The molecule has 2 heteroatoms. The normalized spacial score (nSPS) is 14.1. The summed E-state index contributed by atoms with van der Waals surface area (Å²) in [6.45, 7) is 8.10. The molecule has 0 aromatic heterocycles.